The maximum atomic E-state index is 12.3. The van der Waals surface area contributed by atoms with Gasteiger partial charge < -0.3 is 15.2 Å². The highest BCUT2D eigenvalue weighted by Crippen LogP contribution is 2.28. The van der Waals surface area contributed by atoms with E-state index in [1.807, 2.05) is 45.9 Å². The maximum Gasteiger partial charge on any atom is 0.185 e. The molecule has 0 amide bonds. The third-order valence-corrected chi connectivity index (χ3v) is 3.33. The van der Waals surface area contributed by atoms with E-state index in [1.54, 1.807) is 30.3 Å². The Labute approximate surface area is 149 Å². The van der Waals surface area contributed by atoms with Crippen molar-refractivity contribution in [1.29, 1.82) is 0 Å². The molecule has 0 saturated carbocycles. The van der Waals surface area contributed by atoms with E-state index in [1.165, 1.54) is 6.08 Å². The number of nitrogen functional groups attached to an aromatic ring is 1. The summed E-state index contributed by atoms with van der Waals surface area (Å²) in [6, 6.07) is 12.5. The molecule has 0 aliphatic rings. The van der Waals surface area contributed by atoms with E-state index in [2.05, 4.69) is 0 Å². The standard InChI is InChI=1S/C21H25NO3/c1-14(2)24-19-11-7-17(21(13-19)25-15(3)4)8-12-20(23)16-5-9-18(22)10-6-16/h5-15H,22H2,1-4H3. The molecule has 0 spiro atoms. The van der Waals surface area contributed by atoms with Gasteiger partial charge in [0.15, 0.2) is 5.78 Å². The van der Waals surface area contributed by atoms with Crippen molar-refractivity contribution in [3.63, 3.8) is 0 Å². The van der Waals surface area contributed by atoms with Crippen molar-refractivity contribution in [2.24, 2.45) is 0 Å². The zero-order chi connectivity index (χ0) is 18.4. The minimum atomic E-state index is -0.0852. The van der Waals surface area contributed by atoms with Gasteiger partial charge in [0, 0.05) is 22.9 Å². The summed E-state index contributed by atoms with van der Waals surface area (Å²) in [6.45, 7) is 7.87. The second-order valence-corrected chi connectivity index (χ2v) is 6.35. The molecule has 132 valence electrons. The Morgan fingerprint density at radius 3 is 2.20 bits per heavy atom. The number of anilines is 1. The summed E-state index contributed by atoms with van der Waals surface area (Å²) in [4.78, 5) is 12.3. The van der Waals surface area contributed by atoms with E-state index < -0.39 is 0 Å². The minimum absolute atomic E-state index is 0.0225. The van der Waals surface area contributed by atoms with Crippen LogP contribution in [0.25, 0.3) is 6.08 Å². The molecule has 0 fully saturated rings. The van der Waals surface area contributed by atoms with E-state index in [4.69, 9.17) is 15.2 Å². The van der Waals surface area contributed by atoms with Crippen LogP contribution in [0.1, 0.15) is 43.6 Å². The Bertz CT molecular complexity index is 746. The fourth-order valence-corrected chi connectivity index (χ4v) is 2.26. The van der Waals surface area contributed by atoms with Crippen LogP contribution in [0.2, 0.25) is 0 Å². The van der Waals surface area contributed by atoms with Crippen LogP contribution in [0.15, 0.2) is 48.5 Å². The Kier molecular flexibility index (Phi) is 6.23. The molecule has 2 aromatic carbocycles. The molecule has 0 aliphatic heterocycles. The molecule has 25 heavy (non-hydrogen) atoms. The first-order chi connectivity index (χ1) is 11.8. The number of ketones is 1. The molecule has 0 saturated heterocycles. The second-order valence-electron chi connectivity index (χ2n) is 6.35. The first-order valence-corrected chi connectivity index (χ1v) is 8.40. The van der Waals surface area contributed by atoms with Crippen LogP contribution in [-0.2, 0) is 0 Å². The van der Waals surface area contributed by atoms with Crippen molar-refractivity contribution in [2.75, 3.05) is 5.73 Å². The van der Waals surface area contributed by atoms with Gasteiger partial charge >= 0.3 is 0 Å². The molecule has 0 bridgehead atoms. The van der Waals surface area contributed by atoms with Crippen molar-refractivity contribution in [3.05, 3.63) is 59.7 Å². The zero-order valence-electron chi connectivity index (χ0n) is 15.2. The van der Waals surface area contributed by atoms with Crippen LogP contribution < -0.4 is 15.2 Å². The van der Waals surface area contributed by atoms with E-state index in [9.17, 15) is 4.79 Å². The molecular weight excluding hydrogens is 314 g/mol. The molecular formula is C21H25NO3. The lowest BCUT2D eigenvalue weighted by Crippen LogP contribution is -2.09. The number of rotatable bonds is 7. The fourth-order valence-electron chi connectivity index (χ4n) is 2.26. The number of carbonyl (C=O) groups is 1. The van der Waals surface area contributed by atoms with Gasteiger partial charge in [-0.1, -0.05) is 0 Å². The molecule has 4 heteroatoms. The summed E-state index contributed by atoms with van der Waals surface area (Å²) in [6.07, 6.45) is 3.40. The average molecular weight is 339 g/mol. The van der Waals surface area contributed by atoms with Gasteiger partial charge in [-0.3, -0.25) is 4.79 Å². The van der Waals surface area contributed by atoms with Crippen LogP contribution in [0.4, 0.5) is 5.69 Å². The monoisotopic (exact) mass is 339 g/mol. The molecule has 0 atom stereocenters. The number of ether oxygens (including phenoxy) is 2. The molecule has 0 aliphatic carbocycles. The largest absolute Gasteiger partial charge is 0.491 e. The third-order valence-electron chi connectivity index (χ3n) is 3.33. The molecule has 2 aromatic rings. The van der Waals surface area contributed by atoms with Gasteiger partial charge in [-0.05, 0) is 76.2 Å². The molecule has 0 aromatic heterocycles. The number of hydrogen-bond acceptors (Lipinski definition) is 4. The second kappa shape index (κ2) is 8.38. The highest BCUT2D eigenvalue weighted by molar-refractivity contribution is 6.07. The van der Waals surface area contributed by atoms with Gasteiger partial charge in [-0.2, -0.15) is 0 Å². The van der Waals surface area contributed by atoms with Gasteiger partial charge in [-0.15, -0.1) is 0 Å². The Hall–Kier alpha value is -2.75. The normalized spacial score (nSPS) is 11.3. The molecule has 0 heterocycles. The Morgan fingerprint density at radius 1 is 0.960 bits per heavy atom. The summed E-state index contributed by atoms with van der Waals surface area (Å²) >= 11 is 0. The lowest BCUT2D eigenvalue weighted by atomic mass is 10.1. The van der Waals surface area contributed by atoms with E-state index in [-0.39, 0.29) is 18.0 Å². The maximum absolute atomic E-state index is 12.3. The SMILES string of the molecule is CC(C)Oc1ccc(C=CC(=O)c2ccc(N)cc2)c(OC(C)C)c1. The van der Waals surface area contributed by atoms with E-state index in [0.29, 0.717) is 17.0 Å². The highest BCUT2D eigenvalue weighted by Gasteiger charge is 2.08. The predicted molar refractivity (Wildman–Crippen MR) is 102 cm³/mol. The zero-order valence-corrected chi connectivity index (χ0v) is 15.2. The summed E-state index contributed by atoms with van der Waals surface area (Å²) in [5, 5.41) is 0. The summed E-state index contributed by atoms with van der Waals surface area (Å²) in [5.41, 5.74) is 7.70. The van der Waals surface area contributed by atoms with Gasteiger partial charge in [0.05, 0.1) is 12.2 Å². The molecule has 0 unspecified atom stereocenters. The summed E-state index contributed by atoms with van der Waals surface area (Å²) in [5.74, 6) is 1.35. The smallest absolute Gasteiger partial charge is 0.185 e. The van der Waals surface area contributed by atoms with E-state index in [0.717, 1.165) is 11.3 Å². The fraction of sp³-hybridized carbons (Fsp3) is 0.286. The lowest BCUT2D eigenvalue weighted by Gasteiger charge is -2.16. The summed E-state index contributed by atoms with van der Waals surface area (Å²) < 4.78 is 11.6. The number of nitrogens with two attached hydrogens (primary N) is 1. The first-order valence-electron chi connectivity index (χ1n) is 8.40. The van der Waals surface area contributed by atoms with Gasteiger partial charge in [0.25, 0.3) is 0 Å². The topological polar surface area (TPSA) is 61.5 Å². The van der Waals surface area contributed by atoms with Crippen molar-refractivity contribution in [3.8, 4) is 11.5 Å². The number of hydrogen-bond donors (Lipinski definition) is 1. The predicted octanol–water partition coefficient (Wildman–Crippen LogP) is 4.74. The Morgan fingerprint density at radius 2 is 1.60 bits per heavy atom. The molecule has 2 rings (SSSR count). The Balaban J connectivity index is 2.24. The average Bonchev–Trinajstić information content (AvgIpc) is 2.53. The molecule has 4 nitrogen and oxygen atoms in total. The van der Waals surface area contributed by atoms with Crippen LogP contribution in [0.5, 0.6) is 11.5 Å². The third kappa shape index (κ3) is 5.68. The van der Waals surface area contributed by atoms with Crippen LogP contribution >= 0.6 is 0 Å². The highest BCUT2D eigenvalue weighted by atomic mass is 16.5. The molecule has 0 radical (unpaired) electrons. The minimum Gasteiger partial charge on any atom is -0.491 e. The lowest BCUT2D eigenvalue weighted by molar-refractivity contribution is 0.104. The summed E-state index contributed by atoms with van der Waals surface area (Å²) in [7, 11) is 0. The van der Waals surface area contributed by atoms with Crippen molar-refractivity contribution in [1.82, 2.24) is 0 Å². The number of allylic oxidation sites excluding steroid dienone is 1. The van der Waals surface area contributed by atoms with Crippen molar-refractivity contribution < 1.29 is 14.3 Å². The molecule has 2 N–H and O–H groups in total. The first kappa shape index (κ1) is 18.6. The number of carbonyl (C=O) groups excluding carboxylic acids is 1. The van der Waals surface area contributed by atoms with Gasteiger partial charge in [-0.25, -0.2) is 0 Å². The van der Waals surface area contributed by atoms with Crippen molar-refractivity contribution >= 4 is 17.5 Å². The van der Waals surface area contributed by atoms with Crippen molar-refractivity contribution in [2.45, 2.75) is 39.9 Å². The quantitative estimate of drug-likeness (QED) is 0.450. The van der Waals surface area contributed by atoms with Gasteiger partial charge in [0.2, 0.25) is 0 Å². The van der Waals surface area contributed by atoms with Gasteiger partial charge in [0.1, 0.15) is 11.5 Å². The van der Waals surface area contributed by atoms with Crippen LogP contribution in [0, 0.1) is 0 Å². The number of benzene rings is 2. The van der Waals surface area contributed by atoms with Crippen LogP contribution in [-0.4, -0.2) is 18.0 Å². The van der Waals surface area contributed by atoms with Crippen LogP contribution in [0.3, 0.4) is 0 Å². The van der Waals surface area contributed by atoms with E-state index >= 15 is 0 Å².